The smallest absolute Gasteiger partial charge is 0.147 e. The number of nitrogens with zero attached hydrogens (tertiary/aromatic N) is 3. The lowest BCUT2D eigenvalue weighted by atomic mass is 10.3. The van der Waals surface area contributed by atoms with Gasteiger partial charge < -0.3 is 4.90 Å². The molecule has 15 heavy (non-hydrogen) atoms. The molecular formula is C10H15BrClN3. The van der Waals surface area contributed by atoms with E-state index in [9.17, 15) is 0 Å². The zero-order chi connectivity index (χ0) is 11.4. The minimum absolute atomic E-state index is 0.510. The van der Waals surface area contributed by atoms with Crippen molar-refractivity contribution in [3.8, 4) is 0 Å². The highest BCUT2D eigenvalue weighted by Gasteiger charge is 2.09. The Hall–Kier alpha value is -0.190. The normalized spacial score (nSPS) is 11.1. The van der Waals surface area contributed by atoms with Gasteiger partial charge in [-0.05, 0) is 36.4 Å². The standard InChI is InChI=1S/C10H15BrClN3/c1-4-7-9(11)10(12)14-8(13-7)5-6-15(2)3/h4-6H2,1-3H3. The Balaban J connectivity index is 2.86. The molecule has 1 heterocycles. The monoisotopic (exact) mass is 291 g/mol. The predicted molar refractivity (Wildman–Crippen MR) is 66.4 cm³/mol. The first-order valence-corrected chi connectivity index (χ1v) is 6.07. The van der Waals surface area contributed by atoms with Gasteiger partial charge in [0, 0.05) is 13.0 Å². The van der Waals surface area contributed by atoms with Crippen LogP contribution in [0.15, 0.2) is 4.47 Å². The Labute approximate surface area is 104 Å². The molecule has 0 unspecified atom stereocenters. The minimum Gasteiger partial charge on any atom is -0.309 e. The zero-order valence-electron chi connectivity index (χ0n) is 9.22. The molecule has 1 aromatic heterocycles. The van der Waals surface area contributed by atoms with Gasteiger partial charge in [-0.25, -0.2) is 9.97 Å². The summed E-state index contributed by atoms with van der Waals surface area (Å²) in [4.78, 5) is 10.8. The van der Waals surface area contributed by atoms with Crippen molar-refractivity contribution in [3.05, 3.63) is 21.1 Å². The molecule has 1 rings (SSSR count). The molecule has 0 amide bonds. The Morgan fingerprint density at radius 2 is 2.00 bits per heavy atom. The van der Waals surface area contributed by atoms with Crippen molar-refractivity contribution in [3.63, 3.8) is 0 Å². The summed E-state index contributed by atoms with van der Waals surface area (Å²) in [5.74, 6) is 0.814. The summed E-state index contributed by atoms with van der Waals surface area (Å²) in [5, 5.41) is 0.510. The Morgan fingerprint density at radius 1 is 1.33 bits per heavy atom. The maximum atomic E-state index is 6.00. The molecule has 0 N–H and O–H groups in total. The molecule has 0 radical (unpaired) electrons. The molecule has 84 valence electrons. The SMILES string of the molecule is CCc1nc(CCN(C)C)nc(Cl)c1Br. The Morgan fingerprint density at radius 3 is 2.53 bits per heavy atom. The van der Waals surface area contributed by atoms with Gasteiger partial charge in [-0.1, -0.05) is 18.5 Å². The van der Waals surface area contributed by atoms with E-state index >= 15 is 0 Å². The molecular weight excluding hydrogens is 277 g/mol. The fourth-order valence-corrected chi connectivity index (χ4v) is 1.85. The third-order valence-corrected chi connectivity index (χ3v) is 3.38. The first-order valence-electron chi connectivity index (χ1n) is 4.90. The third-order valence-electron chi connectivity index (χ3n) is 2.04. The average molecular weight is 293 g/mol. The molecule has 0 fully saturated rings. The summed E-state index contributed by atoms with van der Waals surface area (Å²) in [5.41, 5.74) is 0.976. The second-order valence-corrected chi connectivity index (χ2v) is 4.75. The lowest BCUT2D eigenvalue weighted by Gasteiger charge is -2.10. The summed E-state index contributed by atoms with van der Waals surface area (Å²) < 4.78 is 0.820. The van der Waals surface area contributed by atoms with Crippen molar-refractivity contribution < 1.29 is 0 Å². The van der Waals surface area contributed by atoms with Crippen LogP contribution in [0.4, 0.5) is 0 Å². The van der Waals surface area contributed by atoms with Crippen LogP contribution in [-0.2, 0) is 12.8 Å². The minimum atomic E-state index is 0.510. The van der Waals surface area contributed by atoms with Crippen molar-refractivity contribution in [2.45, 2.75) is 19.8 Å². The number of likely N-dealkylation sites (N-methyl/N-ethyl adjacent to an activating group) is 1. The molecule has 0 aliphatic heterocycles. The molecule has 0 saturated heterocycles. The Kier molecular flexibility index (Phi) is 4.96. The van der Waals surface area contributed by atoms with Crippen molar-refractivity contribution in [2.24, 2.45) is 0 Å². The van der Waals surface area contributed by atoms with Gasteiger partial charge in [-0.2, -0.15) is 0 Å². The van der Waals surface area contributed by atoms with Gasteiger partial charge in [0.2, 0.25) is 0 Å². The Bertz CT molecular complexity index is 342. The van der Waals surface area contributed by atoms with Gasteiger partial charge in [0.05, 0.1) is 10.2 Å². The third kappa shape index (κ3) is 3.70. The van der Waals surface area contributed by atoms with Crippen LogP contribution in [-0.4, -0.2) is 35.5 Å². The van der Waals surface area contributed by atoms with Crippen LogP contribution in [0.5, 0.6) is 0 Å². The van der Waals surface area contributed by atoms with Gasteiger partial charge in [0.25, 0.3) is 0 Å². The van der Waals surface area contributed by atoms with E-state index in [1.165, 1.54) is 0 Å². The molecule has 3 nitrogen and oxygen atoms in total. The number of rotatable bonds is 4. The molecule has 0 bridgehead atoms. The van der Waals surface area contributed by atoms with E-state index in [0.717, 1.165) is 35.4 Å². The maximum absolute atomic E-state index is 6.00. The largest absolute Gasteiger partial charge is 0.309 e. The molecule has 1 aromatic rings. The highest BCUT2D eigenvalue weighted by Crippen LogP contribution is 2.23. The van der Waals surface area contributed by atoms with E-state index in [1.54, 1.807) is 0 Å². The second-order valence-electron chi connectivity index (χ2n) is 3.60. The maximum Gasteiger partial charge on any atom is 0.147 e. The fraction of sp³-hybridized carbons (Fsp3) is 0.600. The summed E-state index contributed by atoms with van der Waals surface area (Å²) in [7, 11) is 4.06. The number of aryl methyl sites for hydroxylation is 1. The summed E-state index contributed by atoms with van der Waals surface area (Å²) >= 11 is 9.39. The van der Waals surface area contributed by atoms with Crippen LogP contribution < -0.4 is 0 Å². The average Bonchev–Trinajstić information content (AvgIpc) is 2.19. The second kappa shape index (κ2) is 5.77. The first kappa shape index (κ1) is 12.9. The predicted octanol–water partition coefficient (Wildman–Crippen LogP) is 2.56. The lowest BCUT2D eigenvalue weighted by Crippen LogP contribution is -2.16. The molecule has 0 aromatic carbocycles. The van der Waals surface area contributed by atoms with Crippen LogP contribution in [0.25, 0.3) is 0 Å². The van der Waals surface area contributed by atoms with Crippen LogP contribution in [0, 0.1) is 0 Å². The van der Waals surface area contributed by atoms with Gasteiger partial charge in [0.1, 0.15) is 11.0 Å². The van der Waals surface area contributed by atoms with E-state index in [2.05, 4.69) is 37.7 Å². The van der Waals surface area contributed by atoms with Crippen LogP contribution >= 0.6 is 27.5 Å². The van der Waals surface area contributed by atoms with Gasteiger partial charge in [0.15, 0.2) is 0 Å². The number of hydrogen-bond donors (Lipinski definition) is 0. The van der Waals surface area contributed by atoms with Crippen LogP contribution in [0.2, 0.25) is 5.15 Å². The van der Waals surface area contributed by atoms with E-state index in [1.807, 2.05) is 14.1 Å². The summed E-state index contributed by atoms with van der Waals surface area (Å²) in [6, 6.07) is 0. The number of aromatic nitrogens is 2. The molecule has 0 saturated carbocycles. The van der Waals surface area contributed by atoms with Crippen molar-refractivity contribution in [2.75, 3.05) is 20.6 Å². The molecule has 5 heteroatoms. The van der Waals surface area contributed by atoms with Gasteiger partial charge >= 0.3 is 0 Å². The summed E-state index contributed by atoms with van der Waals surface area (Å²) in [6.07, 6.45) is 1.69. The number of hydrogen-bond acceptors (Lipinski definition) is 3. The zero-order valence-corrected chi connectivity index (χ0v) is 11.6. The lowest BCUT2D eigenvalue weighted by molar-refractivity contribution is 0.409. The molecule has 0 atom stereocenters. The van der Waals surface area contributed by atoms with E-state index in [0.29, 0.717) is 5.15 Å². The highest BCUT2D eigenvalue weighted by molar-refractivity contribution is 9.10. The fourth-order valence-electron chi connectivity index (χ4n) is 1.18. The number of halogens is 2. The van der Waals surface area contributed by atoms with Crippen molar-refractivity contribution in [1.29, 1.82) is 0 Å². The highest BCUT2D eigenvalue weighted by atomic mass is 79.9. The van der Waals surface area contributed by atoms with E-state index < -0.39 is 0 Å². The van der Waals surface area contributed by atoms with Crippen molar-refractivity contribution >= 4 is 27.5 Å². The summed E-state index contributed by atoms with van der Waals surface area (Å²) in [6.45, 7) is 2.99. The first-order chi connectivity index (χ1) is 7.04. The quantitative estimate of drug-likeness (QED) is 0.799. The molecule has 0 aliphatic carbocycles. The van der Waals surface area contributed by atoms with E-state index in [4.69, 9.17) is 11.6 Å². The van der Waals surface area contributed by atoms with E-state index in [-0.39, 0.29) is 0 Å². The van der Waals surface area contributed by atoms with Gasteiger partial charge in [-0.15, -0.1) is 0 Å². The van der Waals surface area contributed by atoms with Crippen LogP contribution in [0.1, 0.15) is 18.4 Å². The molecule has 0 spiro atoms. The topological polar surface area (TPSA) is 29.0 Å². The van der Waals surface area contributed by atoms with Gasteiger partial charge in [-0.3, -0.25) is 0 Å². The van der Waals surface area contributed by atoms with Crippen molar-refractivity contribution in [1.82, 2.24) is 14.9 Å². The van der Waals surface area contributed by atoms with Crippen LogP contribution in [0.3, 0.4) is 0 Å². The molecule has 0 aliphatic rings.